The molecule has 0 spiro atoms. The minimum absolute atomic E-state index is 0.675. The summed E-state index contributed by atoms with van der Waals surface area (Å²) in [6.07, 6.45) is 0. The van der Waals surface area contributed by atoms with E-state index in [4.69, 9.17) is 16.3 Å². The Balaban J connectivity index is 2.20. The summed E-state index contributed by atoms with van der Waals surface area (Å²) in [5.74, 6) is 1.57. The van der Waals surface area contributed by atoms with E-state index in [9.17, 15) is 0 Å². The fourth-order valence-corrected chi connectivity index (χ4v) is 1.89. The van der Waals surface area contributed by atoms with Crippen LogP contribution in [0.25, 0.3) is 0 Å². The number of halogens is 2. The topological polar surface area (TPSA) is 9.23 Å². The van der Waals surface area contributed by atoms with Crippen LogP contribution in [0.15, 0.2) is 48.5 Å². The van der Waals surface area contributed by atoms with Crippen molar-refractivity contribution >= 4 is 27.5 Å². The molecule has 16 heavy (non-hydrogen) atoms. The van der Waals surface area contributed by atoms with E-state index in [0.717, 1.165) is 16.8 Å². The Kier molecular flexibility index (Phi) is 3.86. The maximum absolute atomic E-state index is 5.88. The third-order valence-corrected chi connectivity index (χ3v) is 2.97. The molecule has 0 saturated heterocycles. The molecule has 0 amide bonds. The van der Waals surface area contributed by atoms with Crippen molar-refractivity contribution in [3.8, 4) is 11.5 Å². The maximum atomic E-state index is 5.88. The average molecular weight is 298 g/mol. The number of benzene rings is 2. The molecule has 0 heterocycles. The predicted octanol–water partition coefficient (Wildman–Crippen LogP) is 5.03. The lowest BCUT2D eigenvalue weighted by molar-refractivity contribution is 0.482. The van der Waals surface area contributed by atoms with Gasteiger partial charge in [0.05, 0.1) is 0 Å². The van der Waals surface area contributed by atoms with Gasteiger partial charge in [0.1, 0.15) is 11.5 Å². The van der Waals surface area contributed by atoms with Crippen LogP contribution in [-0.2, 0) is 5.33 Å². The summed E-state index contributed by atoms with van der Waals surface area (Å²) in [5, 5.41) is 1.49. The zero-order chi connectivity index (χ0) is 11.4. The molecule has 0 aliphatic heterocycles. The molecule has 0 radical (unpaired) electrons. The lowest BCUT2D eigenvalue weighted by atomic mass is 10.2. The molecule has 0 saturated carbocycles. The standard InChI is InChI=1S/C13H10BrClO/c14-9-10-3-1-5-12(7-10)16-13-6-2-4-11(15)8-13/h1-8H,9H2. The summed E-state index contributed by atoms with van der Waals surface area (Å²) >= 11 is 9.29. The lowest BCUT2D eigenvalue weighted by Crippen LogP contribution is -1.85. The van der Waals surface area contributed by atoms with Crippen molar-refractivity contribution in [3.63, 3.8) is 0 Å². The second-order valence-corrected chi connectivity index (χ2v) is 4.34. The summed E-state index contributed by atoms with van der Waals surface area (Å²) in [6.45, 7) is 0. The van der Waals surface area contributed by atoms with Crippen LogP contribution >= 0.6 is 27.5 Å². The third kappa shape index (κ3) is 3.00. The van der Waals surface area contributed by atoms with Crippen molar-refractivity contribution in [2.75, 3.05) is 0 Å². The molecule has 82 valence electrons. The highest BCUT2D eigenvalue weighted by Crippen LogP contribution is 2.25. The van der Waals surface area contributed by atoms with Crippen LogP contribution in [-0.4, -0.2) is 0 Å². The van der Waals surface area contributed by atoms with Gasteiger partial charge in [0.25, 0.3) is 0 Å². The van der Waals surface area contributed by atoms with E-state index in [-0.39, 0.29) is 0 Å². The Morgan fingerprint density at radius 2 is 1.69 bits per heavy atom. The molecule has 0 aromatic heterocycles. The van der Waals surface area contributed by atoms with Gasteiger partial charge in [0.2, 0.25) is 0 Å². The molecule has 1 nitrogen and oxygen atoms in total. The average Bonchev–Trinajstić information content (AvgIpc) is 2.29. The summed E-state index contributed by atoms with van der Waals surface area (Å²) in [7, 11) is 0. The molecule has 0 aliphatic carbocycles. The zero-order valence-electron chi connectivity index (χ0n) is 8.49. The molecule has 2 aromatic carbocycles. The highest BCUT2D eigenvalue weighted by atomic mass is 79.9. The van der Waals surface area contributed by atoms with Crippen molar-refractivity contribution in [1.29, 1.82) is 0 Å². The van der Waals surface area contributed by atoms with Gasteiger partial charge in [-0.15, -0.1) is 0 Å². The molecule has 3 heteroatoms. The van der Waals surface area contributed by atoms with Crippen LogP contribution in [0.2, 0.25) is 5.02 Å². The number of alkyl halides is 1. The third-order valence-electron chi connectivity index (χ3n) is 2.08. The second-order valence-electron chi connectivity index (χ2n) is 3.34. The SMILES string of the molecule is Clc1cccc(Oc2cccc(CBr)c2)c1. The molecule has 0 bridgehead atoms. The van der Waals surface area contributed by atoms with Crippen LogP contribution in [0.5, 0.6) is 11.5 Å². The second kappa shape index (κ2) is 5.37. The summed E-state index contributed by atoms with van der Waals surface area (Å²) in [6, 6.07) is 15.3. The molecule has 0 unspecified atom stereocenters. The smallest absolute Gasteiger partial charge is 0.128 e. The van der Waals surface area contributed by atoms with Crippen molar-refractivity contribution < 1.29 is 4.74 Å². The van der Waals surface area contributed by atoms with Gasteiger partial charge >= 0.3 is 0 Å². The monoisotopic (exact) mass is 296 g/mol. The van der Waals surface area contributed by atoms with E-state index in [0.29, 0.717) is 5.02 Å². The minimum Gasteiger partial charge on any atom is -0.457 e. The summed E-state index contributed by atoms with van der Waals surface area (Å²) in [5.41, 5.74) is 1.18. The molecule has 0 aliphatic rings. The number of rotatable bonds is 3. The normalized spacial score (nSPS) is 10.1. The maximum Gasteiger partial charge on any atom is 0.128 e. The van der Waals surface area contributed by atoms with E-state index in [2.05, 4.69) is 15.9 Å². The van der Waals surface area contributed by atoms with Crippen molar-refractivity contribution in [1.82, 2.24) is 0 Å². The quantitative estimate of drug-likeness (QED) is 0.722. The minimum atomic E-state index is 0.675. The van der Waals surface area contributed by atoms with Gasteiger partial charge in [-0.1, -0.05) is 45.7 Å². The van der Waals surface area contributed by atoms with Crippen molar-refractivity contribution in [2.24, 2.45) is 0 Å². The van der Waals surface area contributed by atoms with Gasteiger partial charge < -0.3 is 4.74 Å². The fourth-order valence-electron chi connectivity index (χ4n) is 1.36. The van der Waals surface area contributed by atoms with Gasteiger partial charge in [-0.2, -0.15) is 0 Å². The zero-order valence-corrected chi connectivity index (χ0v) is 10.8. The van der Waals surface area contributed by atoms with E-state index >= 15 is 0 Å². The van der Waals surface area contributed by atoms with Gasteiger partial charge in [-0.3, -0.25) is 0 Å². The number of hydrogen-bond acceptors (Lipinski definition) is 1. The van der Waals surface area contributed by atoms with Crippen LogP contribution in [0.1, 0.15) is 5.56 Å². The molecular weight excluding hydrogens is 287 g/mol. The summed E-state index contributed by atoms with van der Waals surface area (Å²) in [4.78, 5) is 0. The lowest BCUT2D eigenvalue weighted by Gasteiger charge is -2.06. The Morgan fingerprint density at radius 1 is 1.00 bits per heavy atom. The van der Waals surface area contributed by atoms with Crippen molar-refractivity contribution in [3.05, 3.63) is 59.1 Å². The highest BCUT2D eigenvalue weighted by molar-refractivity contribution is 9.08. The van der Waals surface area contributed by atoms with Crippen LogP contribution in [0.3, 0.4) is 0 Å². The van der Waals surface area contributed by atoms with Gasteiger partial charge in [0, 0.05) is 10.4 Å². The fraction of sp³-hybridized carbons (Fsp3) is 0.0769. The molecule has 2 rings (SSSR count). The molecule has 2 aromatic rings. The van der Waals surface area contributed by atoms with Gasteiger partial charge in [-0.05, 0) is 35.9 Å². The van der Waals surface area contributed by atoms with E-state index < -0.39 is 0 Å². The number of ether oxygens (including phenoxy) is 1. The Hall–Kier alpha value is -0.990. The Bertz CT molecular complexity index is 485. The molecule has 0 fully saturated rings. The first-order valence-electron chi connectivity index (χ1n) is 4.86. The van der Waals surface area contributed by atoms with Crippen LogP contribution < -0.4 is 4.74 Å². The molecular formula is C13H10BrClO. The largest absolute Gasteiger partial charge is 0.457 e. The first-order chi connectivity index (χ1) is 7.78. The molecule has 0 N–H and O–H groups in total. The highest BCUT2D eigenvalue weighted by Gasteiger charge is 1.99. The van der Waals surface area contributed by atoms with Gasteiger partial charge in [0.15, 0.2) is 0 Å². The first kappa shape index (κ1) is 11.5. The van der Waals surface area contributed by atoms with E-state index in [1.165, 1.54) is 5.56 Å². The predicted molar refractivity (Wildman–Crippen MR) is 70.6 cm³/mol. The Labute approximate surface area is 108 Å². The van der Waals surface area contributed by atoms with Crippen molar-refractivity contribution in [2.45, 2.75) is 5.33 Å². The van der Waals surface area contributed by atoms with Gasteiger partial charge in [-0.25, -0.2) is 0 Å². The van der Waals surface area contributed by atoms with Crippen LogP contribution in [0, 0.1) is 0 Å². The van der Waals surface area contributed by atoms with E-state index in [1.807, 2.05) is 42.5 Å². The number of hydrogen-bond donors (Lipinski definition) is 0. The van der Waals surface area contributed by atoms with E-state index in [1.54, 1.807) is 6.07 Å². The Morgan fingerprint density at radius 3 is 2.38 bits per heavy atom. The molecule has 0 atom stereocenters. The first-order valence-corrected chi connectivity index (χ1v) is 6.36. The van der Waals surface area contributed by atoms with Crippen LogP contribution in [0.4, 0.5) is 0 Å². The summed E-state index contributed by atoms with van der Waals surface area (Å²) < 4.78 is 5.70.